The Morgan fingerprint density at radius 3 is 2.46 bits per heavy atom. The number of ether oxygens (including phenoxy) is 1. The maximum absolute atomic E-state index is 12.4. The van der Waals surface area contributed by atoms with Crippen molar-refractivity contribution < 1.29 is 19.4 Å². The molecule has 0 bridgehead atoms. The van der Waals surface area contributed by atoms with Gasteiger partial charge in [-0.15, -0.1) is 0 Å². The van der Waals surface area contributed by atoms with Crippen LogP contribution in [0, 0.1) is 18.3 Å². The first-order valence-corrected chi connectivity index (χ1v) is 8.31. The number of hydrogen-bond acceptors (Lipinski definition) is 3. The smallest absolute Gasteiger partial charge is 0.312 e. The molecule has 0 radical (unpaired) electrons. The molecule has 4 heteroatoms. The summed E-state index contributed by atoms with van der Waals surface area (Å²) in [6, 6.07) is 8.25. The summed E-state index contributed by atoms with van der Waals surface area (Å²) in [4.78, 5) is 23.8. The molecule has 0 aliphatic heterocycles. The Balaban J connectivity index is 2.42. The molecule has 130 valence electrons. The van der Waals surface area contributed by atoms with Crippen LogP contribution in [0.5, 0.6) is 0 Å². The van der Waals surface area contributed by atoms with Gasteiger partial charge in [0.05, 0.1) is 18.9 Å². The van der Waals surface area contributed by atoms with Gasteiger partial charge >= 0.3 is 11.9 Å². The normalized spacial score (nSPS) is 26.6. The van der Waals surface area contributed by atoms with Crippen LogP contribution in [0.1, 0.15) is 49.7 Å². The molecule has 3 atom stereocenters. The van der Waals surface area contributed by atoms with Crippen LogP contribution in [-0.4, -0.2) is 24.2 Å². The topological polar surface area (TPSA) is 63.6 Å². The summed E-state index contributed by atoms with van der Waals surface area (Å²) in [6.45, 7) is 8.15. The highest BCUT2D eigenvalue weighted by Gasteiger charge is 2.48. The molecule has 1 saturated carbocycles. The van der Waals surface area contributed by atoms with E-state index < -0.39 is 17.4 Å². The molecule has 1 N–H and O–H groups in total. The third kappa shape index (κ3) is 3.69. The van der Waals surface area contributed by atoms with Crippen LogP contribution in [0.25, 0.3) is 0 Å². The molecular formula is C20H26O4. The summed E-state index contributed by atoms with van der Waals surface area (Å²) < 4.78 is 4.97. The van der Waals surface area contributed by atoms with E-state index in [1.165, 1.54) is 12.7 Å². The fourth-order valence-corrected chi connectivity index (χ4v) is 3.98. The number of benzene rings is 1. The number of allylic oxidation sites excluding steroid dienone is 1. The van der Waals surface area contributed by atoms with Crippen LogP contribution >= 0.6 is 0 Å². The van der Waals surface area contributed by atoms with Crippen molar-refractivity contribution in [3.63, 3.8) is 0 Å². The van der Waals surface area contributed by atoms with Gasteiger partial charge in [0.2, 0.25) is 0 Å². The van der Waals surface area contributed by atoms with E-state index in [4.69, 9.17) is 4.74 Å². The second-order valence-corrected chi connectivity index (χ2v) is 7.06. The number of carboxylic acids is 1. The number of aliphatic carboxylic acids is 1. The van der Waals surface area contributed by atoms with Crippen molar-refractivity contribution in [3.05, 3.63) is 47.5 Å². The highest BCUT2D eigenvalue weighted by Crippen LogP contribution is 2.51. The minimum Gasteiger partial charge on any atom is -0.481 e. The van der Waals surface area contributed by atoms with E-state index in [1.807, 2.05) is 13.8 Å². The van der Waals surface area contributed by atoms with Crippen LogP contribution < -0.4 is 0 Å². The molecule has 0 heterocycles. The van der Waals surface area contributed by atoms with Gasteiger partial charge in [-0.1, -0.05) is 42.0 Å². The lowest BCUT2D eigenvalue weighted by atomic mass is 9.61. The second kappa shape index (κ2) is 7.20. The highest BCUT2D eigenvalue weighted by atomic mass is 16.5. The van der Waals surface area contributed by atoms with Gasteiger partial charge in [-0.05, 0) is 50.5 Å². The predicted octanol–water partition coefficient (Wildman–Crippen LogP) is 4.09. The van der Waals surface area contributed by atoms with Crippen molar-refractivity contribution >= 4 is 11.9 Å². The number of esters is 1. The Morgan fingerprint density at radius 1 is 1.33 bits per heavy atom. The Kier molecular flexibility index (Phi) is 5.47. The number of carboxylic acid groups (broad SMARTS) is 1. The zero-order chi connectivity index (χ0) is 17.9. The molecule has 0 amide bonds. The first kappa shape index (κ1) is 18.2. The van der Waals surface area contributed by atoms with Crippen molar-refractivity contribution in [3.8, 4) is 0 Å². The number of rotatable bonds is 5. The second-order valence-electron chi connectivity index (χ2n) is 7.06. The Morgan fingerprint density at radius 2 is 1.96 bits per heavy atom. The van der Waals surface area contributed by atoms with E-state index in [9.17, 15) is 14.7 Å². The van der Waals surface area contributed by atoms with Gasteiger partial charge in [0.25, 0.3) is 0 Å². The van der Waals surface area contributed by atoms with Gasteiger partial charge in [0.15, 0.2) is 0 Å². The lowest BCUT2D eigenvalue weighted by Gasteiger charge is -2.43. The summed E-state index contributed by atoms with van der Waals surface area (Å²) in [5, 5.41) is 9.32. The molecule has 1 aliphatic rings. The molecule has 1 aromatic rings. The molecule has 2 rings (SSSR count). The average molecular weight is 330 g/mol. The number of carbonyl (C=O) groups is 2. The maximum Gasteiger partial charge on any atom is 0.312 e. The first-order valence-electron chi connectivity index (χ1n) is 8.31. The zero-order valence-electron chi connectivity index (χ0n) is 14.7. The van der Waals surface area contributed by atoms with Gasteiger partial charge in [-0.2, -0.15) is 0 Å². The van der Waals surface area contributed by atoms with Crippen LogP contribution in [-0.2, 0) is 14.3 Å². The van der Waals surface area contributed by atoms with E-state index in [0.717, 1.165) is 17.6 Å². The SMILES string of the molecule is C=C(C)[C@@H]1CC[C@](CC(=O)O)(C(=O)OC)C[C@H]1c1ccc(C)cc1. The van der Waals surface area contributed by atoms with Gasteiger partial charge in [0, 0.05) is 0 Å². The largest absolute Gasteiger partial charge is 0.481 e. The summed E-state index contributed by atoms with van der Waals surface area (Å²) in [5.74, 6) is -1.05. The van der Waals surface area contributed by atoms with Crippen molar-refractivity contribution in [2.24, 2.45) is 11.3 Å². The number of aryl methyl sites for hydroxylation is 1. The predicted molar refractivity (Wildman–Crippen MR) is 92.8 cm³/mol. The van der Waals surface area contributed by atoms with E-state index in [2.05, 4.69) is 30.8 Å². The molecular weight excluding hydrogens is 304 g/mol. The van der Waals surface area contributed by atoms with Crippen LogP contribution in [0.4, 0.5) is 0 Å². The molecule has 4 nitrogen and oxygen atoms in total. The Hall–Kier alpha value is -2.10. The van der Waals surface area contributed by atoms with Crippen molar-refractivity contribution in [2.75, 3.05) is 7.11 Å². The van der Waals surface area contributed by atoms with Gasteiger partial charge < -0.3 is 9.84 Å². The molecule has 1 aliphatic carbocycles. The Bertz CT molecular complexity index is 632. The summed E-state index contributed by atoms with van der Waals surface area (Å²) in [5.41, 5.74) is 2.43. The Labute approximate surface area is 143 Å². The van der Waals surface area contributed by atoms with Crippen molar-refractivity contribution in [1.29, 1.82) is 0 Å². The lowest BCUT2D eigenvalue weighted by Crippen LogP contribution is -2.41. The fraction of sp³-hybridized carbons (Fsp3) is 0.500. The molecule has 0 unspecified atom stereocenters. The van der Waals surface area contributed by atoms with E-state index >= 15 is 0 Å². The molecule has 24 heavy (non-hydrogen) atoms. The summed E-state index contributed by atoms with van der Waals surface area (Å²) in [7, 11) is 1.33. The number of hydrogen-bond donors (Lipinski definition) is 1. The van der Waals surface area contributed by atoms with Crippen LogP contribution in [0.3, 0.4) is 0 Å². The highest BCUT2D eigenvalue weighted by molar-refractivity contribution is 5.83. The molecule has 1 aromatic carbocycles. The summed E-state index contributed by atoms with van der Waals surface area (Å²) in [6.07, 6.45) is 1.56. The van der Waals surface area contributed by atoms with Gasteiger partial charge in [0.1, 0.15) is 0 Å². The monoisotopic (exact) mass is 330 g/mol. The zero-order valence-corrected chi connectivity index (χ0v) is 14.7. The lowest BCUT2D eigenvalue weighted by molar-refractivity contribution is -0.161. The van der Waals surface area contributed by atoms with Crippen molar-refractivity contribution in [1.82, 2.24) is 0 Å². The third-order valence-electron chi connectivity index (χ3n) is 5.28. The minimum atomic E-state index is -0.961. The maximum atomic E-state index is 12.4. The van der Waals surface area contributed by atoms with Gasteiger partial charge in [-0.25, -0.2) is 0 Å². The number of carbonyl (C=O) groups excluding carboxylic acids is 1. The molecule has 1 fully saturated rings. The van der Waals surface area contributed by atoms with E-state index in [1.54, 1.807) is 0 Å². The fourth-order valence-electron chi connectivity index (χ4n) is 3.98. The summed E-state index contributed by atoms with van der Waals surface area (Å²) >= 11 is 0. The van der Waals surface area contributed by atoms with E-state index in [-0.39, 0.29) is 18.3 Å². The standard InChI is InChI=1S/C20H26O4/c1-13(2)16-9-10-20(12-18(21)22,19(23)24-4)11-17(16)15-7-5-14(3)6-8-15/h5-8,16-17H,1,9-12H2,2-4H3,(H,21,22)/t16-,17-,20-/m0/s1. The molecule has 0 saturated heterocycles. The van der Waals surface area contributed by atoms with Crippen molar-refractivity contribution in [2.45, 2.75) is 45.4 Å². The minimum absolute atomic E-state index is 0.0790. The first-order chi connectivity index (χ1) is 11.3. The molecule has 0 spiro atoms. The average Bonchev–Trinajstić information content (AvgIpc) is 2.53. The van der Waals surface area contributed by atoms with E-state index in [0.29, 0.717) is 12.8 Å². The van der Waals surface area contributed by atoms with Crippen LogP contribution in [0.15, 0.2) is 36.4 Å². The quantitative estimate of drug-likeness (QED) is 0.652. The number of methoxy groups -OCH3 is 1. The molecule has 0 aromatic heterocycles. The van der Waals surface area contributed by atoms with Crippen LogP contribution in [0.2, 0.25) is 0 Å². The third-order valence-corrected chi connectivity index (χ3v) is 5.28. The van der Waals surface area contributed by atoms with Gasteiger partial charge in [-0.3, -0.25) is 9.59 Å².